The van der Waals surface area contributed by atoms with Crippen molar-refractivity contribution < 1.29 is 24.2 Å². The van der Waals surface area contributed by atoms with Crippen molar-refractivity contribution in [3.63, 3.8) is 0 Å². The number of ketones is 1. The van der Waals surface area contributed by atoms with Crippen LogP contribution in [0.25, 0.3) is 16.0 Å². The number of halogens is 1. The maximum Gasteiger partial charge on any atom is 0.301 e. The van der Waals surface area contributed by atoms with Crippen molar-refractivity contribution >= 4 is 55.7 Å². The highest BCUT2D eigenvalue weighted by Gasteiger charge is 2.48. The van der Waals surface area contributed by atoms with Crippen molar-refractivity contribution in [1.29, 1.82) is 0 Å². The van der Waals surface area contributed by atoms with Crippen LogP contribution in [0.2, 0.25) is 5.02 Å². The summed E-state index contributed by atoms with van der Waals surface area (Å²) in [4.78, 5) is 32.7. The number of amides is 1. The number of aliphatic hydroxyl groups excluding tert-OH is 1. The number of hydrogen-bond donors (Lipinski definition) is 1. The summed E-state index contributed by atoms with van der Waals surface area (Å²) < 4.78 is 11.6. The second kappa shape index (κ2) is 9.64. The number of fused-ring (bicyclic) bond motifs is 1. The lowest BCUT2D eigenvalue weighted by molar-refractivity contribution is -0.132. The zero-order chi connectivity index (χ0) is 25.4. The molecule has 1 aliphatic heterocycles. The molecule has 0 aliphatic carbocycles. The summed E-state index contributed by atoms with van der Waals surface area (Å²) in [5.41, 5.74) is 1.65. The fourth-order valence-corrected chi connectivity index (χ4v) is 5.29. The molecular formula is C27H21ClN2O5S. The third kappa shape index (κ3) is 4.19. The summed E-state index contributed by atoms with van der Waals surface area (Å²) in [7, 11) is 1.57. The normalized spacial score (nSPS) is 17.1. The second-order valence-electron chi connectivity index (χ2n) is 8.01. The van der Waals surface area contributed by atoms with Crippen LogP contribution in [0.3, 0.4) is 0 Å². The van der Waals surface area contributed by atoms with Gasteiger partial charge in [-0.3, -0.25) is 14.5 Å². The number of ether oxygens (including phenoxy) is 2. The molecule has 4 aromatic rings. The third-order valence-electron chi connectivity index (χ3n) is 5.86. The van der Waals surface area contributed by atoms with Gasteiger partial charge in [-0.1, -0.05) is 35.1 Å². The number of aliphatic hydroxyl groups is 1. The summed E-state index contributed by atoms with van der Waals surface area (Å²) in [6.45, 7) is 2.38. The van der Waals surface area contributed by atoms with Gasteiger partial charge in [-0.25, -0.2) is 4.98 Å². The first-order chi connectivity index (χ1) is 17.4. The molecule has 5 rings (SSSR count). The molecule has 1 saturated heterocycles. The molecule has 0 spiro atoms. The average molecular weight is 521 g/mol. The van der Waals surface area contributed by atoms with Gasteiger partial charge in [-0.05, 0) is 67.1 Å². The van der Waals surface area contributed by atoms with Gasteiger partial charge in [0.2, 0.25) is 0 Å². The fourth-order valence-electron chi connectivity index (χ4n) is 4.14. The fraction of sp³-hybridized carbons (Fsp3) is 0.148. The van der Waals surface area contributed by atoms with Crippen molar-refractivity contribution in [2.24, 2.45) is 0 Å². The van der Waals surface area contributed by atoms with Gasteiger partial charge in [0.1, 0.15) is 17.3 Å². The van der Waals surface area contributed by atoms with Crippen molar-refractivity contribution in [2.45, 2.75) is 13.0 Å². The van der Waals surface area contributed by atoms with E-state index in [0.29, 0.717) is 44.9 Å². The van der Waals surface area contributed by atoms with Gasteiger partial charge in [0.05, 0.1) is 35.5 Å². The van der Waals surface area contributed by atoms with Gasteiger partial charge in [0.25, 0.3) is 5.78 Å². The highest BCUT2D eigenvalue weighted by Crippen LogP contribution is 2.44. The summed E-state index contributed by atoms with van der Waals surface area (Å²) >= 11 is 7.37. The molecule has 1 fully saturated rings. The van der Waals surface area contributed by atoms with Crippen molar-refractivity contribution in [3.05, 3.63) is 88.5 Å². The van der Waals surface area contributed by atoms with E-state index < -0.39 is 17.7 Å². The quantitative estimate of drug-likeness (QED) is 0.191. The Morgan fingerprint density at radius 1 is 1.06 bits per heavy atom. The molecule has 7 nitrogen and oxygen atoms in total. The van der Waals surface area contributed by atoms with Crippen molar-refractivity contribution in [2.75, 3.05) is 18.6 Å². The molecule has 0 saturated carbocycles. The van der Waals surface area contributed by atoms with Crippen LogP contribution in [0.4, 0.5) is 5.13 Å². The van der Waals surface area contributed by atoms with Gasteiger partial charge in [0.15, 0.2) is 5.13 Å². The van der Waals surface area contributed by atoms with Crippen molar-refractivity contribution in [3.8, 4) is 11.5 Å². The smallest absolute Gasteiger partial charge is 0.301 e. The van der Waals surface area contributed by atoms with Crippen LogP contribution in [0, 0.1) is 0 Å². The second-order valence-corrected chi connectivity index (χ2v) is 9.45. The first kappa shape index (κ1) is 23.8. The van der Waals surface area contributed by atoms with Crippen LogP contribution in [0.15, 0.2) is 72.3 Å². The molecular weight excluding hydrogens is 500 g/mol. The molecule has 1 aliphatic rings. The molecule has 182 valence electrons. The monoisotopic (exact) mass is 520 g/mol. The lowest BCUT2D eigenvalue weighted by Crippen LogP contribution is -2.29. The number of nitrogens with zero attached hydrogens (tertiary/aromatic N) is 2. The Morgan fingerprint density at radius 3 is 2.42 bits per heavy atom. The Hall–Kier alpha value is -3.88. The summed E-state index contributed by atoms with van der Waals surface area (Å²) in [5, 5.41) is 12.1. The number of carbonyl (C=O) groups is 2. The topological polar surface area (TPSA) is 89.0 Å². The lowest BCUT2D eigenvalue weighted by Gasteiger charge is -2.23. The van der Waals surface area contributed by atoms with Crippen LogP contribution in [-0.2, 0) is 9.59 Å². The van der Waals surface area contributed by atoms with E-state index in [1.165, 1.54) is 16.2 Å². The van der Waals surface area contributed by atoms with Crippen LogP contribution in [0.5, 0.6) is 11.5 Å². The van der Waals surface area contributed by atoms with Crippen LogP contribution in [-0.4, -0.2) is 35.5 Å². The van der Waals surface area contributed by atoms with E-state index in [2.05, 4.69) is 4.98 Å². The Morgan fingerprint density at radius 2 is 1.75 bits per heavy atom. The SMILES string of the molecule is CCOc1ccc(C(O)=C2C(=O)C(=O)N(c3nc4ccc(OC)cc4s3)[C@@H]2c2ccc(Cl)cc2)cc1. The summed E-state index contributed by atoms with van der Waals surface area (Å²) in [5.74, 6) is -0.550. The number of rotatable bonds is 6. The molecule has 0 radical (unpaired) electrons. The van der Waals surface area contributed by atoms with E-state index in [9.17, 15) is 14.7 Å². The van der Waals surface area contributed by atoms with Gasteiger partial charge >= 0.3 is 5.91 Å². The summed E-state index contributed by atoms with van der Waals surface area (Å²) in [6.07, 6.45) is 0. The van der Waals surface area contributed by atoms with Crippen molar-refractivity contribution in [1.82, 2.24) is 4.98 Å². The van der Waals surface area contributed by atoms with Crippen LogP contribution in [0.1, 0.15) is 24.1 Å². The van der Waals surface area contributed by atoms with E-state index >= 15 is 0 Å². The zero-order valence-corrected chi connectivity index (χ0v) is 21.0. The molecule has 36 heavy (non-hydrogen) atoms. The van der Waals surface area contributed by atoms with Crippen LogP contribution >= 0.6 is 22.9 Å². The van der Waals surface area contributed by atoms with E-state index in [4.69, 9.17) is 21.1 Å². The number of Topliss-reactive ketones (excluding diaryl/α,β-unsaturated/α-hetero) is 1. The molecule has 1 amide bonds. The molecule has 3 aromatic carbocycles. The Balaban J connectivity index is 1.67. The minimum Gasteiger partial charge on any atom is -0.507 e. The minimum atomic E-state index is -0.892. The molecule has 0 bridgehead atoms. The van der Waals surface area contributed by atoms with Gasteiger partial charge < -0.3 is 14.6 Å². The Bertz CT molecular complexity index is 1500. The molecule has 0 unspecified atom stereocenters. The van der Waals surface area contributed by atoms with Gasteiger partial charge in [-0.2, -0.15) is 0 Å². The first-order valence-corrected chi connectivity index (χ1v) is 12.3. The third-order valence-corrected chi connectivity index (χ3v) is 7.13. The van der Waals surface area contributed by atoms with E-state index in [1.54, 1.807) is 67.8 Å². The van der Waals surface area contributed by atoms with E-state index in [1.807, 2.05) is 13.0 Å². The molecule has 2 heterocycles. The number of thiazole rings is 1. The number of anilines is 1. The minimum absolute atomic E-state index is 0.0247. The number of carbonyl (C=O) groups excluding carboxylic acids is 2. The molecule has 1 atom stereocenters. The predicted octanol–water partition coefficient (Wildman–Crippen LogP) is 5.98. The zero-order valence-electron chi connectivity index (χ0n) is 19.4. The lowest BCUT2D eigenvalue weighted by atomic mass is 9.95. The first-order valence-electron chi connectivity index (χ1n) is 11.2. The van der Waals surface area contributed by atoms with Crippen LogP contribution < -0.4 is 14.4 Å². The largest absolute Gasteiger partial charge is 0.507 e. The molecule has 1 aromatic heterocycles. The predicted molar refractivity (Wildman–Crippen MR) is 140 cm³/mol. The maximum atomic E-state index is 13.4. The number of hydrogen-bond acceptors (Lipinski definition) is 7. The van der Waals surface area contributed by atoms with Gasteiger partial charge in [0, 0.05) is 10.6 Å². The van der Waals surface area contributed by atoms with E-state index in [-0.39, 0.29) is 11.3 Å². The number of aromatic nitrogens is 1. The standard InChI is InChI=1S/C27H21ClN2O5S/c1-3-35-18-10-6-16(7-11-18)24(31)22-23(15-4-8-17(28)9-5-15)30(26(33)25(22)32)27-29-20-13-12-19(34-2)14-21(20)36-27/h4-14,23,31H,3H2,1-2H3/t23-/m1/s1. The average Bonchev–Trinajstić information content (AvgIpc) is 3.42. The highest BCUT2D eigenvalue weighted by atomic mass is 35.5. The maximum absolute atomic E-state index is 13.4. The van der Waals surface area contributed by atoms with Gasteiger partial charge in [-0.15, -0.1) is 0 Å². The molecule has 1 N–H and O–H groups in total. The summed E-state index contributed by atoms with van der Waals surface area (Å²) in [6, 6.07) is 18.0. The number of benzene rings is 3. The van der Waals surface area contributed by atoms with E-state index in [0.717, 1.165) is 4.70 Å². The Kier molecular flexibility index (Phi) is 6.38. The highest BCUT2D eigenvalue weighted by molar-refractivity contribution is 7.22. The Labute approximate surface area is 216 Å². The number of methoxy groups -OCH3 is 1. The molecule has 9 heteroatoms.